The van der Waals surface area contributed by atoms with Gasteiger partial charge in [0.1, 0.15) is 0 Å². The maximum Gasteiger partial charge on any atom is 0.180 e. The molecule has 0 atom stereocenters. The fourth-order valence-electron chi connectivity index (χ4n) is 1.02. The average Bonchev–Trinajstić information content (AvgIpc) is 2.92. The van der Waals surface area contributed by atoms with Gasteiger partial charge in [-0.15, -0.1) is 0 Å². The molecule has 13 heavy (non-hydrogen) atoms. The number of hydrogen-bond donors (Lipinski definition) is 0. The average molecular weight is 291 g/mol. The highest BCUT2D eigenvalue weighted by molar-refractivity contribution is 14.1. The van der Waals surface area contributed by atoms with Gasteiger partial charge in [-0.25, -0.2) is 0 Å². The number of ether oxygens (including phenoxy) is 2. The fraction of sp³-hybridized carbons (Fsp3) is 0.444. The highest BCUT2D eigenvalue weighted by Crippen LogP contribution is 2.36. The van der Waals surface area contributed by atoms with Gasteiger partial charge in [-0.1, -0.05) is 0 Å². The van der Waals surface area contributed by atoms with Gasteiger partial charge in [0.2, 0.25) is 0 Å². The first-order chi connectivity index (χ1) is 6.31. The predicted octanol–water partition coefficient (Wildman–Crippen LogP) is 2.24. The lowest BCUT2D eigenvalue weighted by molar-refractivity contribution is 0.279. The van der Waals surface area contributed by atoms with Crippen LogP contribution in [-0.2, 0) is 0 Å². The fourth-order valence-corrected chi connectivity index (χ4v) is 1.57. The summed E-state index contributed by atoms with van der Waals surface area (Å²) in [6, 6.07) is 0. The van der Waals surface area contributed by atoms with Gasteiger partial charge in [0, 0.05) is 6.20 Å². The first-order valence-corrected chi connectivity index (χ1v) is 5.23. The van der Waals surface area contributed by atoms with Crippen molar-refractivity contribution in [1.29, 1.82) is 0 Å². The lowest BCUT2D eigenvalue weighted by atomic mass is 10.4. The monoisotopic (exact) mass is 291 g/mol. The smallest absolute Gasteiger partial charge is 0.180 e. The summed E-state index contributed by atoms with van der Waals surface area (Å²) in [6.07, 6.45) is 6.16. The van der Waals surface area contributed by atoms with E-state index in [1.165, 1.54) is 0 Å². The second-order valence-electron chi connectivity index (χ2n) is 2.97. The molecule has 3 nitrogen and oxygen atoms in total. The lowest BCUT2D eigenvalue weighted by Crippen LogP contribution is -2.00. The molecule has 1 aromatic heterocycles. The van der Waals surface area contributed by atoms with Crippen LogP contribution in [0.15, 0.2) is 12.4 Å². The van der Waals surface area contributed by atoms with E-state index < -0.39 is 0 Å². The minimum atomic E-state index is 0.393. The number of nitrogens with zero attached hydrogens (tertiary/aromatic N) is 1. The largest absolute Gasteiger partial charge is 0.491 e. The van der Waals surface area contributed by atoms with Crippen LogP contribution in [0.2, 0.25) is 0 Å². The number of hydrogen-bond acceptors (Lipinski definition) is 3. The summed E-state index contributed by atoms with van der Waals surface area (Å²) in [4.78, 5) is 4.03. The Morgan fingerprint density at radius 2 is 2.23 bits per heavy atom. The van der Waals surface area contributed by atoms with E-state index in [1.807, 2.05) is 0 Å². The summed E-state index contributed by atoms with van der Waals surface area (Å²) in [5, 5.41) is 0. The molecule has 0 amide bonds. The van der Waals surface area contributed by atoms with Crippen LogP contribution in [0.4, 0.5) is 0 Å². The van der Waals surface area contributed by atoms with Crippen LogP contribution >= 0.6 is 22.6 Å². The van der Waals surface area contributed by atoms with Crippen molar-refractivity contribution in [2.24, 2.45) is 0 Å². The Morgan fingerprint density at radius 3 is 2.85 bits per heavy atom. The van der Waals surface area contributed by atoms with Crippen LogP contribution < -0.4 is 9.47 Å². The summed E-state index contributed by atoms with van der Waals surface area (Å²) < 4.78 is 11.9. The summed E-state index contributed by atoms with van der Waals surface area (Å²) in [6.45, 7) is 0. The van der Waals surface area contributed by atoms with E-state index in [4.69, 9.17) is 9.47 Å². The number of methoxy groups -OCH3 is 1. The van der Waals surface area contributed by atoms with Gasteiger partial charge in [-0.2, -0.15) is 0 Å². The van der Waals surface area contributed by atoms with Crippen molar-refractivity contribution < 1.29 is 9.47 Å². The molecule has 2 rings (SSSR count). The third kappa shape index (κ3) is 2.04. The molecule has 1 fully saturated rings. The van der Waals surface area contributed by atoms with Gasteiger partial charge >= 0.3 is 0 Å². The molecule has 0 aliphatic heterocycles. The Hall–Kier alpha value is -0.520. The van der Waals surface area contributed by atoms with Crippen LogP contribution in [-0.4, -0.2) is 18.2 Å². The first-order valence-electron chi connectivity index (χ1n) is 4.15. The molecule has 0 N–H and O–H groups in total. The van der Waals surface area contributed by atoms with Crippen molar-refractivity contribution in [3.63, 3.8) is 0 Å². The lowest BCUT2D eigenvalue weighted by Gasteiger charge is -2.10. The molecule has 70 valence electrons. The molecule has 0 aromatic carbocycles. The van der Waals surface area contributed by atoms with Crippen molar-refractivity contribution in [3.05, 3.63) is 16.0 Å². The van der Waals surface area contributed by atoms with Crippen molar-refractivity contribution in [3.8, 4) is 11.5 Å². The van der Waals surface area contributed by atoms with Crippen molar-refractivity contribution in [1.82, 2.24) is 4.98 Å². The number of aromatic nitrogens is 1. The van der Waals surface area contributed by atoms with Crippen molar-refractivity contribution >= 4 is 22.6 Å². The second kappa shape index (κ2) is 3.69. The molecule has 0 saturated heterocycles. The zero-order valence-corrected chi connectivity index (χ0v) is 9.45. The van der Waals surface area contributed by atoms with Gasteiger partial charge in [0.15, 0.2) is 11.5 Å². The zero-order valence-electron chi connectivity index (χ0n) is 7.29. The van der Waals surface area contributed by atoms with E-state index in [1.54, 1.807) is 19.5 Å². The van der Waals surface area contributed by atoms with Gasteiger partial charge in [-0.3, -0.25) is 4.98 Å². The molecule has 4 heteroatoms. The van der Waals surface area contributed by atoms with Gasteiger partial charge in [0.05, 0.1) is 23.0 Å². The van der Waals surface area contributed by atoms with Crippen LogP contribution in [0.5, 0.6) is 11.5 Å². The van der Waals surface area contributed by atoms with Gasteiger partial charge < -0.3 is 9.47 Å². The minimum absolute atomic E-state index is 0.393. The Bertz CT molecular complexity index is 312. The standard InChI is InChI=1S/C9H10INO2/c1-12-8-5-11-4-7(10)9(8)13-6-2-3-6/h4-6H,2-3H2,1H3. The van der Waals surface area contributed by atoms with Crippen LogP contribution in [0.3, 0.4) is 0 Å². The molecule has 1 heterocycles. The van der Waals surface area contributed by atoms with E-state index in [-0.39, 0.29) is 0 Å². The van der Waals surface area contributed by atoms with E-state index in [9.17, 15) is 0 Å². The molecule has 1 aliphatic rings. The van der Waals surface area contributed by atoms with Gasteiger partial charge in [-0.05, 0) is 35.4 Å². The Labute approximate surface area is 90.6 Å². The summed E-state index contributed by atoms with van der Waals surface area (Å²) in [7, 11) is 1.63. The maximum absolute atomic E-state index is 5.71. The molecule has 0 unspecified atom stereocenters. The molecule has 0 spiro atoms. The Balaban J connectivity index is 2.27. The Kier molecular flexibility index (Phi) is 2.57. The highest BCUT2D eigenvalue weighted by Gasteiger charge is 2.26. The van der Waals surface area contributed by atoms with Crippen LogP contribution in [0.25, 0.3) is 0 Å². The number of pyridine rings is 1. The van der Waals surface area contributed by atoms with Gasteiger partial charge in [0.25, 0.3) is 0 Å². The van der Waals surface area contributed by atoms with E-state index in [0.717, 1.165) is 27.9 Å². The molecule has 0 bridgehead atoms. The van der Waals surface area contributed by atoms with Crippen LogP contribution in [0.1, 0.15) is 12.8 Å². The molecule has 0 radical (unpaired) electrons. The number of halogens is 1. The normalized spacial score (nSPS) is 15.5. The van der Waals surface area contributed by atoms with E-state index in [2.05, 4.69) is 27.6 Å². The van der Waals surface area contributed by atoms with E-state index >= 15 is 0 Å². The van der Waals surface area contributed by atoms with Crippen LogP contribution in [0, 0.1) is 3.57 Å². The zero-order chi connectivity index (χ0) is 9.26. The molecule has 1 saturated carbocycles. The molecule has 1 aromatic rings. The van der Waals surface area contributed by atoms with E-state index in [0.29, 0.717) is 6.10 Å². The quantitative estimate of drug-likeness (QED) is 0.800. The summed E-state index contributed by atoms with van der Waals surface area (Å²) in [5.74, 6) is 1.56. The Morgan fingerprint density at radius 1 is 1.46 bits per heavy atom. The molecule has 1 aliphatic carbocycles. The third-order valence-electron chi connectivity index (χ3n) is 1.85. The second-order valence-corrected chi connectivity index (χ2v) is 4.13. The molecular weight excluding hydrogens is 281 g/mol. The third-order valence-corrected chi connectivity index (χ3v) is 2.62. The van der Waals surface area contributed by atoms with Crippen molar-refractivity contribution in [2.75, 3.05) is 7.11 Å². The number of rotatable bonds is 3. The summed E-state index contributed by atoms with van der Waals surface area (Å²) in [5.41, 5.74) is 0. The summed E-state index contributed by atoms with van der Waals surface area (Å²) >= 11 is 2.20. The minimum Gasteiger partial charge on any atom is -0.491 e. The van der Waals surface area contributed by atoms with Crippen molar-refractivity contribution in [2.45, 2.75) is 18.9 Å². The first kappa shape index (κ1) is 9.05. The molecular formula is C9H10INO2. The SMILES string of the molecule is COc1cncc(I)c1OC1CC1. The maximum atomic E-state index is 5.71. The topological polar surface area (TPSA) is 31.4 Å². The highest BCUT2D eigenvalue weighted by atomic mass is 127. The predicted molar refractivity (Wildman–Crippen MR) is 57.2 cm³/mol.